The number of nitrogens with zero attached hydrogens (tertiary/aromatic N) is 3. The van der Waals surface area contributed by atoms with E-state index in [0.717, 1.165) is 5.56 Å². The number of rotatable bonds is 8. The average Bonchev–Trinajstić information content (AvgIpc) is 3.30. The van der Waals surface area contributed by atoms with E-state index in [1.165, 1.54) is 31.6 Å². The summed E-state index contributed by atoms with van der Waals surface area (Å²) in [5.41, 5.74) is 8.57. The first kappa shape index (κ1) is 24.1. The number of amides is 1. The maximum absolute atomic E-state index is 14.7. The van der Waals surface area contributed by atoms with Crippen molar-refractivity contribution >= 4 is 23.1 Å². The Morgan fingerprint density at radius 2 is 2.00 bits per heavy atom. The molecule has 4 N–H and O–H groups in total. The van der Waals surface area contributed by atoms with Gasteiger partial charge in [-0.3, -0.25) is 9.20 Å². The number of hydrogen-bond donors (Lipinski definition) is 3. The Labute approximate surface area is 201 Å². The van der Waals surface area contributed by atoms with Gasteiger partial charge in [-0.1, -0.05) is 6.92 Å². The van der Waals surface area contributed by atoms with Crippen LogP contribution in [0.15, 0.2) is 48.9 Å². The van der Waals surface area contributed by atoms with Crippen LogP contribution in [0.5, 0.6) is 5.75 Å². The van der Waals surface area contributed by atoms with E-state index in [1.807, 2.05) is 19.9 Å². The Bertz CT molecular complexity index is 1390. The third-order valence-corrected chi connectivity index (χ3v) is 5.70. The Hall–Kier alpha value is -4.05. The van der Waals surface area contributed by atoms with Crippen molar-refractivity contribution in [2.75, 3.05) is 19.0 Å². The highest BCUT2D eigenvalue weighted by molar-refractivity contribution is 5.96. The zero-order valence-electron chi connectivity index (χ0n) is 19.6. The van der Waals surface area contributed by atoms with Crippen molar-refractivity contribution in [2.24, 2.45) is 5.73 Å². The molecule has 1 atom stereocenters. The van der Waals surface area contributed by atoms with Crippen molar-refractivity contribution in [3.05, 3.63) is 71.7 Å². The SMILES string of the molecule is CCc1cc(Nc2nccn3c(-c4ccc(OC)c(F)c4F)cnc23)ccc1C(=O)N[C@H](C)CN. The highest BCUT2D eigenvalue weighted by Crippen LogP contribution is 2.31. The average molecular weight is 481 g/mol. The molecule has 182 valence electrons. The summed E-state index contributed by atoms with van der Waals surface area (Å²) < 4.78 is 35.5. The molecule has 4 aromatic rings. The van der Waals surface area contributed by atoms with Gasteiger partial charge in [-0.15, -0.1) is 0 Å². The van der Waals surface area contributed by atoms with E-state index in [-0.39, 0.29) is 23.3 Å². The van der Waals surface area contributed by atoms with Gasteiger partial charge in [0, 0.05) is 41.8 Å². The summed E-state index contributed by atoms with van der Waals surface area (Å²) in [4.78, 5) is 21.3. The molecule has 0 bridgehead atoms. The van der Waals surface area contributed by atoms with Crippen LogP contribution in [0.2, 0.25) is 0 Å². The van der Waals surface area contributed by atoms with Crippen molar-refractivity contribution in [3.8, 4) is 17.0 Å². The lowest BCUT2D eigenvalue weighted by Crippen LogP contribution is -2.38. The molecule has 2 aromatic carbocycles. The summed E-state index contributed by atoms with van der Waals surface area (Å²) in [5, 5.41) is 6.09. The minimum atomic E-state index is -1.07. The van der Waals surface area contributed by atoms with E-state index in [9.17, 15) is 13.6 Å². The molecular weight excluding hydrogens is 454 g/mol. The van der Waals surface area contributed by atoms with Crippen molar-refractivity contribution in [1.82, 2.24) is 19.7 Å². The minimum absolute atomic E-state index is 0.0447. The van der Waals surface area contributed by atoms with Gasteiger partial charge < -0.3 is 21.1 Å². The lowest BCUT2D eigenvalue weighted by atomic mass is 10.0. The van der Waals surface area contributed by atoms with E-state index in [0.29, 0.717) is 41.4 Å². The lowest BCUT2D eigenvalue weighted by molar-refractivity contribution is 0.0940. The first-order valence-electron chi connectivity index (χ1n) is 11.1. The number of carbonyl (C=O) groups excluding carboxylic acids is 1. The fraction of sp³-hybridized carbons (Fsp3) is 0.240. The predicted octanol–water partition coefficient (Wildman–Crippen LogP) is 4.07. The van der Waals surface area contributed by atoms with Gasteiger partial charge in [0.2, 0.25) is 5.82 Å². The second-order valence-electron chi connectivity index (χ2n) is 8.02. The Balaban J connectivity index is 1.67. The molecule has 0 aliphatic rings. The third kappa shape index (κ3) is 4.65. The normalized spacial score (nSPS) is 11.9. The number of methoxy groups -OCH3 is 1. The molecule has 0 aliphatic heterocycles. The number of aromatic nitrogens is 3. The molecule has 0 unspecified atom stereocenters. The Morgan fingerprint density at radius 3 is 2.71 bits per heavy atom. The number of fused-ring (bicyclic) bond motifs is 1. The highest BCUT2D eigenvalue weighted by atomic mass is 19.2. The van der Waals surface area contributed by atoms with Crippen LogP contribution in [0.4, 0.5) is 20.3 Å². The Morgan fingerprint density at radius 1 is 1.20 bits per heavy atom. The second-order valence-corrected chi connectivity index (χ2v) is 8.02. The van der Waals surface area contributed by atoms with Gasteiger partial charge in [0.15, 0.2) is 23.0 Å². The van der Waals surface area contributed by atoms with Crippen molar-refractivity contribution in [1.29, 1.82) is 0 Å². The molecular formula is C25H26F2N6O2. The number of ether oxygens (including phenoxy) is 1. The number of nitrogens with one attached hydrogen (secondary N) is 2. The van der Waals surface area contributed by atoms with Crippen LogP contribution in [-0.2, 0) is 6.42 Å². The first-order chi connectivity index (χ1) is 16.9. The standard InChI is InChI=1S/C25H26F2N6O2/c1-4-15-11-16(5-6-17(15)25(34)31-14(2)12-28)32-23-24-30-13-19(33(24)10-9-29-23)18-7-8-20(35-3)22(27)21(18)26/h5-11,13-14H,4,12,28H2,1-3H3,(H,29,32)(H,31,34)/t14-/m1/s1. The lowest BCUT2D eigenvalue weighted by Gasteiger charge is -2.15. The van der Waals surface area contributed by atoms with Gasteiger partial charge in [-0.25, -0.2) is 14.4 Å². The summed E-state index contributed by atoms with van der Waals surface area (Å²) >= 11 is 0. The summed E-state index contributed by atoms with van der Waals surface area (Å²) in [6.45, 7) is 4.16. The molecule has 0 saturated carbocycles. The highest BCUT2D eigenvalue weighted by Gasteiger charge is 2.19. The van der Waals surface area contributed by atoms with Crippen LogP contribution in [0.25, 0.3) is 16.9 Å². The number of anilines is 2. The van der Waals surface area contributed by atoms with Crippen LogP contribution in [-0.4, -0.2) is 40.0 Å². The first-order valence-corrected chi connectivity index (χ1v) is 11.1. The smallest absolute Gasteiger partial charge is 0.251 e. The van der Waals surface area contributed by atoms with Gasteiger partial charge in [-0.2, -0.15) is 4.39 Å². The number of nitrogens with two attached hydrogens (primary N) is 1. The van der Waals surface area contributed by atoms with Gasteiger partial charge >= 0.3 is 0 Å². The molecule has 2 heterocycles. The maximum Gasteiger partial charge on any atom is 0.251 e. The number of aryl methyl sites for hydroxylation is 1. The minimum Gasteiger partial charge on any atom is -0.494 e. The van der Waals surface area contributed by atoms with Crippen molar-refractivity contribution in [2.45, 2.75) is 26.3 Å². The maximum atomic E-state index is 14.7. The largest absolute Gasteiger partial charge is 0.494 e. The quantitative estimate of drug-likeness (QED) is 0.351. The van der Waals surface area contributed by atoms with Gasteiger partial charge in [0.1, 0.15) is 0 Å². The zero-order chi connectivity index (χ0) is 25.1. The molecule has 35 heavy (non-hydrogen) atoms. The summed E-state index contributed by atoms with van der Waals surface area (Å²) in [6.07, 6.45) is 5.25. The molecule has 0 aliphatic carbocycles. The van der Waals surface area contributed by atoms with Gasteiger partial charge in [0.25, 0.3) is 5.91 Å². The number of halogens is 2. The molecule has 10 heteroatoms. The number of imidazole rings is 1. The zero-order valence-corrected chi connectivity index (χ0v) is 19.6. The third-order valence-electron chi connectivity index (χ3n) is 5.70. The fourth-order valence-corrected chi connectivity index (χ4v) is 3.78. The number of hydrogen-bond acceptors (Lipinski definition) is 6. The van der Waals surface area contributed by atoms with E-state index in [1.54, 1.807) is 22.7 Å². The summed E-state index contributed by atoms with van der Waals surface area (Å²) in [5.74, 6) is -2.03. The van der Waals surface area contributed by atoms with Crippen molar-refractivity contribution < 1.29 is 18.3 Å². The van der Waals surface area contributed by atoms with Crippen molar-refractivity contribution in [3.63, 3.8) is 0 Å². The number of benzene rings is 2. The number of carbonyl (C=O) groups is 1. The second kappa shape index (κ2) is 10.1. The molecule has 0 saturated heterocycles. The van der Waals surface area contributed by atoms with Crippen LogP contribution in [0.3, 0.4) is 0 Å². The van der Waals surface area contributed by atoms with Crippen LogP contribution >= 0.6 is 0 Å². The van der Waals surface area contributed by atoms with Gasteiger partial charge in [0.05, 0.1) is 19.0 Å². The summed E-state index contributed by atoms with van der Waals surface area (Å²) in [7, 11) is 1.28. The fourth-order valence-electron chi connectivity index (χ4n) is 3.78. The van der Waals surface area contributed by atoms with Crippen LogP contribution in [0.1, 0.15) is 29.8 Å². The molecule has 4 rings (SSSR count). The van der Waals surface area contributed by atoms with E-state index < -0.39 is 11.6 Å². The Kier molecular flexibility index (Phi) is 6.92. The topological polar surface area (TPSA) is 107 Å². The van der Waals surface area contributed by atoms with E-state index in [4.69, 9.17) is 10.5 Å². The molecule has 1 amide bonds. The molecule has 0 spiro atoms. The molecule has 2 aromatic heterocycles. The van der Waals surface area contributed by atoms with E-state index >= 15 is 0 Å². The molecule has 8 nitrogen and oxygen atoms in total. The van der Waals surface area contributed by atoms with E-state index in [2.05, 4.69) is 20.6 Å². The monoisotopic (exact) mass is 480 g/mol. The van der Waals surface area contributed by atoms with Gasteiger partial charge in [-0.05, 0) is 49.2 Å². The molecule has 0 fully saturated rings. The molecule has 0 radical (unpaired) electrons. The predicted molar refractivity (Wildman–Crippen MR) is 130 cm³/mol. The van der Waals surface area contributed by atoms with Crippen LogP contribution in [0, 0.1) is 11.6 Å². The van der Waals surface area contributed by atoms with Crippen LogP contribution < -0.4 is 21.1 Å². The summed E-state index contributed by atoms with van der Waals surface area (Å²) in [6, 6.07) is 8.06.